The fourth-order valence-electron chi connectivity index (χ4n) is 1.52. The lowest BCUT2D eigenvalue weighted by Gasteiger charge is -2.05. The van der Waals surface area contributed by atoms with Gasteiger partial charge in [-0.05, 0) is 12.1 Å². The molecule has 0 aliphatic heterocycles. The van der Waals surface area contributed by atoms with Gasteiger partial charge in [0.15, 0.2) is 0 Å². The fourth-order valence-corrected chi connectivity index (χ4v) is 1.70. The second kappa shape index (κ2) is 3.61. The first-order valence-electron chi connectivity index (χ1n) is 4.37. The third kappa shape index (κ3) is 1.50. The van der Waals surface area contributed by atoms with Crippen LogP contribution in [0.2, 0.25) is 5.02 Å². The molecule has 0 amide bonds. The molecule has 3 nitrogen and oxygen atoms in total. The Morgan fingerprint density at radius 3 is 3.00 bits per heavy atom. The van der Waals surface area contributed by atoms with Crippen LogP contribution in [0.1, 0.15) is 11.7 Å². The highest BCUT2D eigenvalue weighted by Gasteiger charge is 2.10. The highest BCUT2D eigenvalue weighted by molar-refractivity contribution is 6.31. The molecule has 0 aliphatic carbocycles. The molecule has 4 heteroatoms. The normalized spacial score (nSPS) is 13.4. The maximum atomic E-state index is 9.61. The van der Waals surface area contributed by atoms with E-state index in [1.165, 1.54) is 0 Å². The average molecular weight is 211 g/mol. The van der Waals surface area contributed by atoms with Crippen molar-refractivity contribution in [1.82, 2.24) is 4.98 Å². The smallest absolute Gasteiger partial charge is 0.0932 e. The maximum absolute atomic E-state index is 9.61. The van der Waals surface area contributed by atoms with E-state index in [9.17, 15) is 5.11 Å². The summed E-state index contributed by atoms with van der Waals surface area (Å²) in [5, 5.41) is 11.2. The summed E-state index contributed by atoms with van der Waals surface area (Å²) in [6.07, 6.45) is 1.14. The van der Waals surface area contributed by atoms with Crippen LogP contribution in [-0.2, 0) is 0 Å². The molecule has 0 radical (unpaired) electrons. The molecule has 1 heterocycles. The first-order chi connectivity index (χ1) is 6.72. The lowest BCUT2D eigenvalue weighted by atomic mass is 10.1. The second-order valence-electron chi connectivity index (χ2n) is 3.19. The Labute approximate surface area is 86.5 Å². The molecule has 4 N–H and O–H groups in total. The van der Waals surface area contributed by atoms with E-state index in [1.54, 1.807) is 12.3 Å². The number of aliphatic hydroxyl groups is 1. The SMILES string of the molecule is NCC(O)c1c[nH]c2cc(Cl)ccc12. The van der Waals surface area contributed by atoms with Gasteiger partial charge in [-0.2, -0.15) is 0 Å². The van der Waals surface area contributed by atoms with Crippen LogP contribution in [0.15, 0.2) is 24.4 Å². The lowest BCUT2D eigenvalue weighted by molar-refractivity contribution is 0.188. The van der Waals surface area contributed by atoms with Crippen LogP contribution in [-0.4, -0.2) is 16.6 Å². The van der Waals surface area contributed by atoms with Crippen molar-refractivity contribution >= 4 is 22.5 Å². The van der Waals surface area contributed by atoms with Gasteiger partial charge in [-0.25, -0.2) is 0 Å². The number of fused-ring (bicyclic) bond motifs is 1. The number of nitrogens with two attached hydrogens (primary N) is 1. The van der Waals surface area contributed by atoms with Crippen molar-refractivity contribution in [1.29, 1.82) is 0 Å². The summed E-state index contributed by atoms with van der Waals surface area (Å²) in [5.41, 5.74) is 7.13. The number of benzene rings is 1. The zero-order valence-electron chi connectivity index (χ0n) is 7.50. The number of aromatic nitrogens is 1. The van der Waals surface area contributed by atoms with Gasteiger partial charge in [0, 0.05) is 34.2 Å². The Morgan fingerprint density at radius 2 is 2.29 bits per heavy atom. The van der Waals surface area contributed by atoms with Gasteiger partial charge in [0.25, 0.3) is 0 Å². The summed E-state index contributed by atoms with van der Waals surface area (Å²) < 4.78 is 0. The molecule has 74 valence electrons. The van der Waals surface area contributed by atoms with Crippen molar-refractivity contribution in [3.8, 4) is 0 Å². The van der Waals surface area contributed by atoms with Crippen molar-refractivity contribution in [2.75, 3.05) is 6.54 Å². The van der Waals surface area contributed by atoms with Gasteiger partial charge < -0.3 is 15.8 Å². The van der Waals surface area contributed by atoms with E-state index in [0.717, 1.165) is 16.5 Å². The molecule has 1 unspecified atom stereocenters. The van der Waals surface area contributed by atoms with Crippen molar-refractivity contribution in [3.05, 3.63) is 35.0 Å². The van der Waals surface area contributed by atoms with E-state index in [1.807, 2.05) is 12.1 Å². The third-order valence-corrected chi connectivity index (χ3v) is 2.49. The van der Waals surface area contributed by atoms with Crippen LogP contribution < -0.4 is 5.73 Å². The van der Waals surface area contributed by atoms with Gasteiger partial charge in [-0.15, -0.1) is 0 Å². The highest BCUT2D eigenvalue weighted by atomic mass is 35.5. The molecule has 0 aliphatic rings. The highest BCUT2D eigenvalue weighted by Crippen LogP contribution is 2.25. The predicted molar refractivity (Wildman–Crippen MR) is 57.3 cm³/mol. The zero-order chi connectivity index (χ0) is 10.1. The molecule has 0 bridgehead atoms. The summed E-state index contributed by atoms with van der Waals surface area (Å²) in [6.45, 7) is 0.218. The van der Waals surface area contributed by atoms with Gasteiger partial charge in [-0.1, -0.05) is 17.7 Å². The molecule has 2 aromatic rings. The molecule has 0 saturated heterocycles. The van der Waals surface area contributed by atoms with Crippen molar-refractivity contribution < 1.29 is 5.11 Å². The standard InChI is InChI=1S/C10H11ClN2O/c11-6-1-2-7-8(10(14)4-12)5-13-9(7)3-6/h1-3,5,10,13-14H,4,12H2. The van der Waals surface area contributed by atoms with E-state index in [-0.39, 0.29) is 6.54 Å². The molecule has 14 heavy (non-hydrogen) atoms. The maximum Gasteiger partial charge on any atom is 0.0932 e. The summed E-state index contributed by atoms with van der Waals surface area (Å²) in [5.74, 6) is 0. The van der Waals surface area contributed by atoms with Crippen LogP contribution in [0.5, 0.6) is 0 Å². The first kappa shape index (κ1) is 9.52. The van der Waals surface area contributed by atoms with Gasteiger partial charge in [0.05, 0.1) is 6.10 Å². The van der Waals surface area contributed by atoms with Crippen LogP contribution >= 0.6 is 11.6 Å². The van der Waals surface area contributed by atoms with Crippen molar-refractivity contribution in [2.24, 2.45) is 5.73 Å². The minimum absolute atomic E-state index is 0.218. The molecule has 0 spiro atoms. The Bertz CT molecular complexity index is 452. The summed E-state index contributed by atoms with van der Waals surface area (Å²) in [4.78, 5) is 3.04. The predicted octanol–water partition coefficient (Wildman–Crippen LogP) is 1.81. The Balaban J connectivity index is 2.58. The van der Waals surface area contributed by atoms with Gasteiger partial charge in [0.2, 0.25) is 0 Å². The van der Waals surface area contributed by atoms with E-state index in [4.69, 9.17) is 17.3 Å². The molecule has 0 fully saturated rings. The summed E-state index contributed by atoms with van der Waals surface area (Å²) in [6, 6.07) is 5.50. The number of halogens is 1. The molecule has 2 rings (SSSR count). The van der Waals surface area contributed by atoms with Crippen molar-refractivity contribution in [2.45, 2.75) is 6.10 Å². The number of aliphatic hydroxyl groups excluding tert-OH is 1. The minimum atomic E-state index is -0.620. The largest absolute Gasteiger partial charge is 0.387 e. The summed E-state index contributed by atoms with van der Waals surface area (Å²) >= 11 is 5.83. The number of rotatable bonds is 2. The van der Waals surface area contributed by atoms with Crippen molar-refractivity contribution in [3.63, 3.8) is 0 Å². The molecular formula is C10H11ClN2O. The van der Waals surface area contributed by atoms with E-state index < -0.39 is 6.10 Å². The molecule has 0 saturated carbocycles. The Hall–Kier alpha value is -1.03. The number of hydrogen-bond acceptors (Lipinski definition) is 2. The van der Waals surface area contributed by atoms with E-state index in [2.05, 4.69) is 4.98 Å². The molecule has 1 aromatic heterocycles. The topological polar surface area (TPSA) is 62.0 Å². The summed E-state index contributed by atoms with van der Waals surface area (Å²) in [7, 11) is 0. The quantitative estimate of drug-likeness (QED) is 0.708. The van der Waals surface area contributed by atoms with Crippen LogP contribution in [0.4, 0.5) is 0 Å². The van der Waals surface area contributed by atoms with Gasteiger partial charge in [0.1, 0.15) is 0 Å². The third-order valence-electron chi connectivity index (χ3n) is 2.26. The Morgan fingerprint density at radius 1 is 1.50 bits per heavy atom. The average Bonchev–Trinajstić information content (AvgIpc) is 2.59. The number of H-pyrrole nitrogens is 1. The second-order valence-corrected chi connectivity index (χ2v) is 3.62. The zero-order valence-corrected chi connectivity index (χ0v) is 8.25. The fraction of sp³-hybridized carbons (Fsp3) is 0.200. The van der Waals surface area contributed by atoms with Crippen LogP contribution in [0, 0.1) is 0 Å². The first-order valence-corrected chi connectivity index (χ1v) is 4.75. The number of nitrogens with one attached hydrogen (secondary N) is 1. The van der Waals surface area contributed by atoms with E-state index >= 15 is 0 Å². The van der Waals surface area contributed by atoms with Gasteiger partial charge >= 0.3 is 0 Å². The minimum Gasteiger partial charge on any atom is -0.387 e. The number of hydrogen-bond donors (Lipinski definition) is 3. The van der Waals surface area contributed by atoms with Crippen LogP contribution in [0.3, 0.4) is 0 Å². The molecule has 1 atom stereocenters. The van der Waals surface area contributed by atoms with E-state index in [0.29, 0.717) is 5.02 Å². The lowest BCUT2D eigenvalue weighted by Crippen LogP contribution is -2.10. The number of aromatic amines is 1. The monoisotopic (exact) mass is 210 g/mol. The van der Waals surface area contributed by atoms with Crippen LogP contribution in [0.25, 0.3) is 10.9 Å². The van der Waals surface area contributed by atoms with Gasteiger partial charge in [-0.3, -0.25) is 0 Å². The Kier molecular flexibility index (Phi) is 2.46. The molecular weight excluding hydrogens is 200 g/mol. The molecule has 1 aromatic carbocycles.